The maximum atomic E-state index is 11.8. The fourth-order valence-corrected chi connectivity index (χ4v) is 3.62. The summed E-state index contributed by atoms with van der Waals surface area (Å²) in [7, 11) is -3.54. The lowest BCUT2D eigenvalue weighted by Crippen LogP contribution is -2.28. The minimum Gasteiger partial charge on any atom is -0.315 e. The monoisotopic (exact) mass is 264 g/mol. The molecule has 1 aromatic rings. The molecule has 0 saturated carbocycles. The van der Waals surface area contributed by atoms with E-state index in [0.717, 1.165) is 17.8 Å². The molecule has 0 bridgehead atoms. The summed E-state index contributed by atoms with van der Waals surface area (Å²) >= 11 is 0.719. The molecule has 0 amide bonds. The van der Waals surface area contributed by atoms with Crippen molar-refractivity contribution in [2.45, 2.75) is 31.4 Å². The first-order valence-corrected chi connectivity index (χ1v) is 7.36. The summed E-state index contributed by atoms with van der Waals surface area (Å²) in [5, 5.41) is 0. The van der Waals surface area contributed by atoms with Gasteiger partial charge in [-0.05, 0) is 12.8 Å². The Morgan fingerprint density at radius 2 is 2.12 bits per heavy atom. The molecule has 0 radical (unpaired) electrons. The van der Waals surface area contributed by atoms with Crippen molar-refractivity contribution in [2.75, 3.05) is 6.54 Å². The lowest BCUT2D eigenvalue weighted by atomic mass is 10.1. The average molecular weight is 264 g/mol. The number of rotatable bonds is 5. The van der Waals surface area contributed by atoms with Crippen LogP contribution in [0.3, 0.4) is 0 Å². The lowest BCUT2D eigenvalue weighted by Gasteiger charge is -2.09. The van der Waals surface area contributed by atoms with E-state index in [1.807, 2.05) is 13.8 Å². The van der Waals surface area contributed by atoms with Crippen molar-refractivity contribution in [1.29, 1.82) is 0 Å². The Morgan fingerprint density at radius 3 is 2.56 bits per heavy atom. The summed E-state index contributed by atoms with van der Waals surface area (Å²) in [4.78, 5) is 13.1. The number of nitrogens with one attached hydrogen (secondary N) is 2. The number of sulfonamides is 1. The minimum absolute atomic E-state index is 0.0841. The molecule has 0 fully saturated rings. The van der Waals surface area contributed by atoms with Gasteiger partial charge in [-0.1, -0.05) is 31.6 Å². The van der Waals surface area contributed by atoms with Gasteiger partial charge in [0.15, 0.2) is 4.21 Å². The van der Waals surface area contributed by atoms with E-state index in [1.165, 1.54) is 0 Å². The average Bonchev–Trinajstić information content (AvgIpc) is 2.55. The van der Waals surface area contributed by atoms with Crippen LogP contribution in [0.1, 0.15) is 26.0 Å². The molecule has 1 unspecified atom stereocenters. The quantitative estimate of drug-likeness (QED) is 0.835. The Morgan fingerprint density at radius 1 is 1.50 bits per heavy atom. The standard InChI is InChI=1S/C9H16N2O3S2/c1-4-6(2)5-10-16(13,14)8-7(3)11-9(12)15-8/h6,10H,4-5H2,1-3H3,(H,11,12). The molecule has 0 aliphatic carbocycles. The molecular formula is C9H16N2O3S2. The van der Waals surface area contributed by atoms with Crippen LogP contribution in [0.4, 0.5) is 0 Å². The Balaban J connectivity index is 2.86. The molecule has 0 aliphatic rings. The summed E-state index contributed by atoms with van der Waals surface area (Å²) in [6.07, 6.45) is 0.908. The molecule has 0 aromatic carbocycles. The van der Waals surface area contributed by atoms with Crippen LogP contribution in [0.5, 0.6) is 0 Å². The zero-order valence-corrected chi connectivity index (χ0v) is 11.2. The fraction of sp³-hybridized carbons (Fsp3) is 0.667. The van der Waals surface area contributed by atoms with Gasteiger partial charge in [-0.25, -0.2) is 13.1 Å². The van der Waals surface area contributed by atoms with Crippen LogP contribution < -0.4 is 9.60 Å². The van der Waals surface area contributed by atoms with Crippen LogP contribution >= 0.6 is 11.3 Å². The van der Waals surface area contributed by atoms with Gasteiger partial charge in [0.1, 0.15) is 0 Å². The van der Waals surface area contributed by atoms with Crippen LogP contribution in [0, 0.1) is 12.8 Å². The number of hydrogen-bond donors (Lipinski definition) is 2. The first-order chi connectivity index (χ1) is 7.36. The lowest BCUT2D eigenvalue weighted by molar-refractivity contribution is 0.529. The van der Waals surface area contributed by atoms with Gasteiger partial charge in [-0.3, -0.25) is 4.79 Å². The summed E-state index contributed by atoms with van der Waals surface area (Å²) < 4.78 is 26.2. The maximum absolute atomic E-state index is 11.8. The molecule has 1 rings (SSSR count). The predicted molar refractivity (Wildman–Crippen MR) is 64.3 cm³/mol. The van der Waals surface area contributed by atoms with Gasteiger partial charge in [-0.15, -0.1) is 0 Å². The Labute approximate surface area is 99.0 Å². The van der Waals surface area contributed by atoms with E-state index in [4.69, 9.17) is 0 Å². The number of aromatic amines is 1. The zero-order chi connectivity index (χ0) is 12.3. The predicted octanol–water partition coefficient (Wildman–Crippen LogP) is 1.07. The number of thiazole rings is 1. The molecule has 0 saturated heterocycles. The number of aryl methyl sites for hydroxylation is 1. The van der Waals surface area contributed by atoms with Gasteiger partial charge in [0.2, 0.25) is 0 Å². The summed E-state index contributed by atoms with van der Waals surface area (Å²) in [5.41, 5.74) is 0.395. The zero-order valence-electron chi connectivity index (χ0n) is 9.53. The molecule has 2 N–H and O–H groups in total. The summed E-state index contributed by atoms with van der Waals surface area (Å²) in [6, 6.07) is 0. The van der Waals surface area contributed by atoms with Gasteiger partial charge < -0.3 is 4.98 Å². The topological polar surface area (TPSA) is 79.0 Å². The molecule has 0 aliphatic heterocycles. The number of aromatic nitrogens is 1. The van der Waals surface area contributed by atoms with Crippen molar-refractivity contribution < 1.29 is 8.42 Å². The van der Waals surface area contributed by atoms with Crippen molar-refractivity contribution in [3.05, 3.63) is 15.4 Å². The highest BCUT2D eigenvalue weighted by atomic mass is 32.2. The van der Waals surface area contributed by atoms with Gasteiger partial charge in [-0.2, -0.15) is 0 Å². The second-order valence-electron chi connectivity index (χ2n) is 3.79. The van der Waals surface area contributed by atoms with Crippen LogP contribution in [-0.4, -0.2) is 19.9 Å². The van der Waals surface area contributed by atoms with Crippen molar-refractivity contribution in [3.63, 3.8) is 0 Å². The van der Waals surface area contributed by atoms with E-state index in [9.17, 15) is 13.2 Å². The molecular weight excluding hydrogens is 248 g/mol. The number of hydrogen-bond acceptors (Lipinski definition) is 4. The molecule has 1 heterocycles. The van der Waals surface area contributed by atoms with Crippen molar-refractivity contribution in [2.24, 2.45) is 5.92 Å². The normalized spacial score (nSPS) is 13.9. The minimum atomic E-state index is -3.54. The largest absolute Gasteiger partial charge is 0.315 e. The summed E-state index contributed by atoms with van der Waals surface area (Å²) in [6.45, 7) is 5.94. The van der Waals surface area contributed by atoms with Gasteiger partial charge in [0.25, 0.3) is 10.0 Å². The van der Waals surface area contributed by atoms with Crippen molar-refractivity contribution in [1.82, 2.24) is 9.71 Å². The van der Waals surface area contributed by atoms with Crippen LogP contribution in [0.25, 0.3) is 0 Å². The molecule has 92 valence electrons. The maximum Gasteiger partial charge on any atom is 0.305 e. The SMILES string of the molecule is CCC(C)CNS(=O)(=O)c1sc(=O)[nH]c1C. The first-order valence-electron chi connectivity index (χ1n) is 5.06. The Bertz CT molecular complexity index is 501. The van der Waals surface area contributed by atoms with Crippen molar-refractivity contribution >= 4 is 21.4 Å². The highest BCUT2D eigenvalue weighted by Crippen LogP contribution is 2.15. The van der Waals surface area contributed by atoms with Crippen LogP contribution in [-0.2, 0) is 10.0 Å². The van der Waals surface area contributed by atoms with Gasteiger partial charge in [0, 0.05) is 12.2 Å². The third-order valence-electron chi connectivity index (χ3n) is 2.34. The molecule has 0 spiro atoms. The second kappa shape index (κ2) is 5.11. The van der Waals surface area contributed by atoms with Crippen molar-refractivity contribution in [3.8, 4) is 0 Å². The molecule has 16 heavy (non-hydrogen) atoms. The molecule has 1 atom stereocenters. The second-order valence-corrected chi connectivity index (χ2v) is 6.74. The van der Waals surface area contributed by atoms with E-state index in [2.05, 4.69) is 9.71 Å². The van der Waals surface area contributed by atoms with Crippen LogP contribution in [0.15, 0.2) is 9.00 Å². The van der Waals surface area contributed by atoms with Gasteiger partial charge in [0.05, 0.1) is 0 Å². The fourth-order valence-electron chi connectivity index (χ4n) is 1.11. The number of H-pyrrole nitrogens is 1. The molecule has 5 nitrogen and oxygen atoms in total. The van der Waals surface area contributed by atoms with Gasteiger partial charge >= 0.3 is 4.87 Å². The molecule has 1 aromatic heterocycles. The van der Waals surface area contributed by atoms with E-state index >= 15 is 0 Å². The van der Waals surface area contributed by atoms with E-state index in [1.54, 1.807) is 6.92 Å². The van der Waals surface area contributed by atoms with E-state index in [-0.39, 0.29) is 15.0 Å². The Kier molecular flexibility index (Phi) is 4.28. The molecule has 7 heteroatoms. The van der Waals surface area contributed by atoms with E-state index in [0.29, 0.717) is 12.2 Å². The van der Waals surface area contributed by atoms with E-state index < -0.39 is 10.0 Å². The Hall–Kier alpha value is -0.660. The third kappa shape index (κ3) is 3.16. The smallest absolute Gasteiger partial charge is 0.305 e. The highest BCUT2D eigenvalue weighted by Gasteiger charge is 2.20. The summed E-state index contributed by atoms with van der Waals surface area (Å²) in [5.74, 6) is 0.283. The van der Waals surface area contributed by atoms with Crippen LogP contribution in [0.2, 0.25) is 0 Å². The first kappa shape index (κ1) is 13.4. The highest BCUT2D eigenvalue weighted by molar-refractivity contribution is 7.91. The third-order valence-corrected chi connectivity index (χ3v) is 5.37.